The molecular weight excluding hydrogens is 583 g/mol. The molecule has 1 aliphatic carbocycles. The molecule has 0 aromatic heterocycles. The Morgan fingerprint density at radius 2 is 1.82 bits per heavy atom. The monoisotopic (exact) mass is 631 g/mol. The summed E-state index contributed by atoms with van der Waals surface area (Å²) in [4.78, 5) is 16.8. The second kappa shape index (κ2) is 13.2. The van der Waals surface area contributed by atoms with Crippen molar-refractivity contribution in [3.8, 4) is 0 Å². The van der Waals surface area contributed by atoms with Crippen LogP contribution in [0.1, 0.15) is 88.2 Å². The third-order valence-electron chi connectivity index (χ3n) is 10.2. The molecule has 3 aliphatic heterocycles. The van der Waals surface area contributed by atoms with Gasteiger partial charge in [0.1, 0.15) is 5.83 Å². The summed E-state index contributed by atoms with van der Waals surface area (Å²) in [5.74, 6) is -2.01. The summed E-state index contributed by atoms with van der Waals surface area (Å²) >= 11 is 0. The molecule has 0 bridgehead atoms. The van der Waals surface area contributed by atoms with Crippen molar-refractivity contribution in [1.82, 2.24) is 0 Å². The molecule has 2 saturated heterocycles. The highest BCUT2D eigenvalue weighted by molar-refractivity contribution is 8.41. The summed E-state index contributed by atoms with van der Waals surface area (Å²) in [6.07, 6.45) is 17.2. The molecular formula is C36H48F3NO3S. The number of hydrogen-bond donors (Lipinski definition) is 0. The summed E-state index contributed by atoms with van der Waals surface area (Å²) in [5, 5.41) is -0.0656. The van der Waals surface area contributed by atoms with E-state index in [4.69, 9.17) is 9.73 Å². The van der Waals surface area contributed by atoms with Crippen molar-refractivity contribution < 1.29 is 26.9 Å². The highest BCUT2D eigenvalue weighted by Crippen LogP contribution is 2.50. The van der Waals surface area contributed by atoms with Gasteiger partial charge in [-0.1, -0.05) is 43.3 Å². The van der Waals surface area contributed by atoms with E-state index in [0.29, 0.717) is 43.1 Å². The molecule has 1 aromatic carbocycles. The van der Waals surface area contributed by atoms with E-state index in [0.717, 1.165) is 88.2 Å². The maximum Gasteiger partial charge on any atom is 0.291 e. The molecule has 0 spiro atoms. The predicted octanol–water partition coefficient (Wildman–Crippen LogP) is 8.63. The van der Waals surface area contributed by atoms with Crippen molar-refractivity contribution in [3.63, 3.8) is 0 Å². The highest BCUT2D eigenvalue weighted by Gasteiger charge is 2.60. The van der Waals surface area contributed by atoms with Crippen LogP contribution in [0, 0.1) is 17.3 Å². The van der Waals surface area contributed by atoms with Gasteiger partial charge in [-0.15, -0.1) is 0 Å². The highest BCUT2D eigenvalue weighted by atomic mass is 32.3. The Morgan fingerprint density at radius 3 is 2.45 bits per heavy atom. The Bertz CT molecular complexity index is 1390. The predicted molar refractivity (Wildman–Crippen MR) is 173 cm³/mol. The number of ether oxygens (including phenoxy) is 1. The smallest absolute Gasteiger partial charge is 0.291 e. The molecule has 242 valence electrons. The van der Waals surface area contributed by atoms with Crippen LogP contribution in [0.2, 0.25) is 0 Å². The quantitative estimate of drug-likeness (QED) is 0.111. The number of halogens is 3. The summed E-state index contributed by atoms with van der Waals surface area (Å²) in [5.41, 5.74) is 2.13. The number of aliphatic imine (C=N–C) groups is 1. The van der Waals surface area contributed by atoms with E-state index in [1.807, 2.05) is 12.3 Å². The number of rotatable bonds is 15. The molecule has 8 heteroatoms. The van der Waals surface area contributed by atoms with E-state index in [-0.39, 0.29) is 33.6 Å². The number of carbonyl (C=O) groups excluding carboxylic acids is 1. The fourth-order valence-electron chi connectivity index (χ4n) is 7.21. The van der Waals surface area contributed by atoms with Crippen molar-refractivity contribution in [3.05, 3.63) is 71.2 Å². The first kappa shape index (κ1) is 33.1. The Morgan fingerprint density at radius 1 is 1.11 bits per heavy atom. The molecule has 44 heavy (non-hydrogen) atoms. The van der Waals surface area contributed by atoms with Crippen LogP contribution in [0.15, 0.2) is 65.1 Å². The molecule has 0 N–H and O–H groups in total. The van der Waals surface area contributed by atoms with Crippen molar-refractivity contribution in [1.29, 1.82) is 0 Å². The number of alkyl halides is 2. The molecule has 1 aromatic rings. The number of benzene rings is 1. The molecule has 1 unspecified atom stereocenters. The van der Waals surface area contributed by atoms with Gasteiger partial charge in [-0.2, -0.15) is 8.78 Å². The van der Waals surface area contributed by atoms with Crippen molar-refractivity contribution >= 4 is 20.4 Å². The van der Waals surface area contributed by atoms with E-state index in [1.54, 1.807) is 18.4 Å². The summed E-state index contributed by atoms with van der Waals surface area (Å²) in [6, 6.07) is 6.42. The minimum absolute atomic E-state index is 0.0524. The number of nitrogens with zero attached hydrogens (tertiary/aromatic N) is 1. The van der Waals surface area contributed by atoms with Gasteiger partial charge in [0.15, 0.2) is 0 Å². The van der Waals surface area contributed by atoms with Crippen molar-refractivity contribution in [2.24, 2.45) is 22.2 Å². The maximum atomic E-state index is 16.2. The van der Waals surface area contributed by atoms with Gasteiger partial charge in [-0.05, 0) is 121 Å². The molecule has 0 radical (unpaired) electrons. The van der Waals surface area contributed by atoms with Gasteiger partial charge in [0.25, 0.3) is 5.92 Å². The average Bonchev–Trinajstić information content (AvgIpc) is 3.91. The van der Waals surface area contributed by atoms with Gasteiger partial charge in [-0.3, -0.25) is 14.0 Å². The van der Waals surface area contributed by atoms with E-state index in [1.165, 1.54) is 12.1 Å². The van der Waals surface area contributed by atoms with Crippen molar-refractivity contribution in [2.45, 2.75) is 89.4 Å². The zero-order valence-corrected chi connectivity index (χ0v) is 27.0. The number of unbranched alkanes of at least 4 members (excludes halogenated alkanes) is 1. The summed E-state index contributed by atoms with van der Waals surface area (Å²) in [7, 11) is -3.14. The second-order valence-electron chi connectivity index (χ2n) is 13.9. The molecule has 4 nitrogen and oxygen atoms in total. The van der Waals surface area contributed by atoms with Gasteiger partial charge < -0.3 is 4.74 Å². The molecule has 1 atom stereocenters. The third-order valence-corrected chi connectivity index (χ3v) is 13.7. The zero-order valence-electron chi connectivity index (χ0n) is 26.1. The largest absolute Gasteiger partial charge is 0.381 e. The standard InChI is InChI=1S/C36H48F3NO3S/c1-3-36(38,39)30-17-13-27(14-18-30)9-8-12-31(28-15-16-28)34-33(37)29(11-5-7-22-40-34)10-4-6-19-35(20-23-43-24-21-35)26-44(2,42)25-32(44)41/h3,11,13-14,17-18,22,28,31H,1,4-10,12,15-16,19-21,23-26H2,2H3/b29-11-,34-33+,40-22-. The third kappa shape index (κ3) is 7.90. The first-order chi connectivity index (χ1) is 20.9. The SMILES string of the molecule is C=CC(F)(F)c1ccc(CCCC(C2=C(F)/C(CCCCC3(CS4(C)(=O)CC4=O)CCOCC3)=C\CC/C=N\2)C2CC2)cc1. The molecule has 3 fully saturated rings. The van der Waals surface area contributed by atoms with Crippen LogP contribution in [-0.2, 0) is 30.9 Å². The first-order valence-corrected chi connectivity index (χ1v) is 19.1. The Labute approximate surface area is 260 Å². The maximum absolute atomic E-state index is 16.2. The summed E-state index contributed by atoms with van der Waals surface area (Å²) < 4.78 is 63.0. The Balaban J connectivity index is 1.20. The molecule has 0 amide bonds. The Kier molecular flexibility index (Phi) is 9.91. The number of carbonyl (C=O) groups is 1. The van der Waals surface area contributed by atoms with Gasteiger partial charge in [-0.25, -0.2) is 4.39 Å². The van der Waals surface area contributed by atoms with Gasteiger partial charge in [0.05, 0.1) is 11.4 Å². The minimum Gasteiger partial charge on any atom is -0.381 e. The molecule has 3 heterocycles. The Hall–Kier alpha value is -2.32. The average molecular weight is 632 g/mol. The lowest BCUT2D eigenvalue weighted by Gasteiger charge is -2.40. The van der Waals surface area contributed by atoms with Crippen LogP contribution in [-0.4, -0.2) is 46.5 Å². The van der Waals surface area contributed by atoms with E-state index < -0.39 is 15.0 Å². The second-order valence-corrected chi connectivity index (χ2v) is 18.5. The fourth-order valence-corrected chi connectivity index (χ4v) is 10.8. The van der Waals surface area contributed by atoms with E-state index >= 15 is 4.39 Å². The van der Waals surface area contributed by atoms with Crippen LogP contribution in [0.25, 0.3) is 0 Å². The van der Waals surface area contributed by atoms with Gasteiger partial charge >= 0.3 is 0 Å². The van der Waals surface area contributed by atoms with Crippen molar-refractivity contribution in [2.75, 3.05) is 31.0 Å². The molecule has 1 saturated carbocycles. The first-order valence-electron chi connectivity index (χ1n) is 16.4. The number of hydrogen-bond acceptors (Lipinski definition) is 4. The van der Waals surface area contributed by atoms with Crippen LogP contribution < -0.4 is 0 Å². The lowest BCUT2D eigenvalue weighted by molar-refractivity contribution is -0.107. The van der Waals surface area contributed by atoms with Gasteiger partial charge in [0.2, 0.25) is 5.12 Å². The topological polar surface area (TPSA) is 55.7 Å². The number of allylic oxidation sites excluding steroid dienone is 5. The fraction of sp³-hybridized carbons (Fsp3) is 0.611. The van der Waals surface area contributed by atoms with Crippen LogP contribution in [0.4, 0.5) is 13.2 Å². The normalized spacial score (nSPS) is 28.0. The van der Waals surface area contributed by atoms with Gasteiger partial charge in [0, 0.05) is 36.7 Å². The lowest BCUT2D eigenvalue weighted by atomic mass is 9.77. The van der Waals surface area contributed by atoms with E-state index in [2.05, 4.69) is 6.58 Å². The van der Waals surface area contributed by atoms with Crippen LogP contribution >= 0.6 is 0 Å². The lowest BCUT2D eigenvalue weighted by Crippen LogP contribution is -2.40. The van der Waals surface area contributed by atoms with Crippen LogP contribution in [0.5, 0.6) is 0 Å². The molecule has 5 rings (SSSR count). The zero-order chi connectivity index (χ0) is 31.5. The van der Waals surface area contributed by atoms with E-state index in [9.17, 15) is 17.8 Å². The summed E-state index contributed by atoms with van der Waals surface area (Å²) in [6.45, 7) is 4.51. The minimum atomic E-state index is -3.14. The molecule has 4 aliphatic rings. The van der Waals surface area contributed by atoms with Crippen LogP contribution in [0.3, 0.4) is 0 Å². The number of aryl methyl sites for hydroxylation is 1.